The lowest BCUT2D eigenvalue weighted by Gasteiger charge is -2.18. The Balaban J connectivity index is 2.05. The largest absolute Gasteiger partial charge is 0.369 e. The number of aromatic amines is 1. The van der Waals surface area contributed by atoms with Crippen LogP contribution in [0.1, 0.15) is 35.5 Å². The summed E-state index contributed by atoms with van der Waals surface area (Å²) in [6.45, 7) is 7.40. The van der Waals surface area contributed by atoms with Crippen LogP contribution in [0.5, 0.6) is 0 Å². The molecule has 2 aromatic carbocycles. The zero-order valence-corrected chi connectivity index (χ0v) is 20.4. The van der Waals surface area contributed by atoms with Gasteiger partial charge in [0.05, 0.1) is 10.8 Å². The number of carbonyl (C=O) groups excluding carboxylic acids is 2. The molecule has 3 rings (SSSR count). The van der Waals surface area contributed by atoms with Gasteiger partial charge in [0.15, 0.2) is 0 Å². The number of primary amides is 1. The lowest BCUT2D eigenvalue weighted by atomic mass is 9.95. The van der Waals surface area contributed by atoms with Crippen LogP contribution >= 0.6 is 11.6 Å². The molecule has 176 valence electrons. The number of hydrogen-bond acceptors (Lipinski definition) is 5. The number of nitrogens with one attached hydrogen (secondary N) is 3. The third kappa shape index (κ3) is 5.21. The van der Waals surface area contributed by atoms with Crippen LogP contribution < -0.4 is 16.6 Å². The molecule has 1 aromatic heterocycles. The van der Waals surface area contributed by atoms with E-state index in [9.17, 15) is 18.0 Å². The van der Waals surface area contributed by atoms with Crippen molar-refractivity contribution in [2.75, 3.05) is 6.54 Å². The fourth-order valence-corrected chi connectivity index (χ4v) is 5.71. The molecule has 0 bridgehead atoms. The maximum atomic E-state index is 13.7. The number of H-pyrrole nitrogens is 1. The molecule has 0 aliphatic rings. The minimum atomic E-state index is -4.08. The van der Waals surface area contributed by atoms with Crippen molar-refractivity contribution in [3.8, 4) is 0 Å². The van der Waals surface area contributed by atoms with Crippen molar-refractivity contribution in [1.29, 1.82) is 0 Å². The number of aryl methyl sites for hydroxylation is 2. The molecule has 8 nitrogen and oxygen atoms in total. The fourth-order valence-electron chi connectivity index (χ4n) is 3.75. The first-order valence-electron chi connectivity index (χ1n) is 10.4. The lowest BCUT2D eigenvalue weighted by molar-refractivity contribution is -0.123. The van der Waals surface area contributed by atoms with Crippen LogP contribution in [0.25, 0.3) is 10.9 Å². The summed E-state index contributed by atoms with van der Waals surface area (Å²) in [5.41, 5.74) is 12.5. The van der Waals surface area contributed by atoms with E-state index in [4.69, 9.17) is 17.3 Å². The van der Waals surface area contributed by atoms with Gasteiger partial charge in [-0.15, -0.1) is 0 Å². The second-order valence-corrected chi connectivity index (χ2v) is 10.8. The molecular formula is C23H27ClN4O4S. The van der Waals surface area contributed by atoms with Crippen LogP contribution in [0, 0.1) is 25.7 Å². The van der Waals surface area contributed by atoms with Crippen LogP contribution in [0.15, 0.2) is 46.2 Å². The van der Waals surface area contributed by atoms with Gasteiger partial charge in [0.1, 0.15) is 10.6 Å². The molecule has 5 N–H and O–H groups in total. The molecule has 33 heavy (non-hydrogen) atoms. The summed E-state index contributed by atoms with van der Waals surface area (Å²) in [5.74, 6) is -1.74. The Kier molecular flexibility index (Phi) is 7.16. The van der Waals surface area contributed by atoms with E-state index >= 15 is 0 Å². The first kappa shape index (κ1) is 24.8. The molecule has 3 aromatic rings. The summed E-state index contributed by atoms with van der Waals surface area (Å²) in [4.78, 5) is 27.5. The Labute approximate surface area is 197 Å². The van der Waals surface area contributed by atoms with Crippen molar-refractivity contribution >= 4 is 44.2 Å². The van der Waals surface area contributed by atoms with Gasteiger partial charge < -0.3 is 10.7 Å². The monoisotopic (exact) mass is 490 g/mol. The number of hydrogen-bond donors (Lipinski definition) is 4. The second kappa shape index (κ2) is 9.54. The molecule has 1 atom stereocenters. The highest BCUT2D eigenvalue weighted by molar-refractivity contribution is 7.91. The summed E-state index contributed by atoms with van der Waals surface area (Å²) in [7, 11) is -4.08. The molecule has 0 aliphatic carbocycles. The Morgan fingerprint density at radius 2 is 1.73 bits per heavy atom. The van der Waals surface area contributed by atoms with Crippen LogP contribution in [0.4, 0.5) is 0 Å². The van der Waals surface area contributed by atoms with Crippen molar-refractivity contribution in [2.24, 2.45) is 17.6 Å². The number of sulfone groups is 1. The topological polar surface area (TPSA) is 134 Å². The number of halogens is 1. The first-order chi connectivity index (χ1) is 15.4. The molecule has 0 radical (unpaired) electrons. The van der Waals surface area contributed by atoms with Gasteiger partial charge in [0.25, 0.3) is 5.91 Å². The van der Waals surface area contributed by atoms with Gasteiger partial charge in [0, 0.05) is 22.5 Å². The quantitative estimate of drug-likeness (QED) is 0.359. The summed E-state index contributed by atoms with van der Waals surface area (Å²) in [5, 5.41) is 0.647. The van der Waals surface area contributed by atoms with Crippen molar-refractivity contribution in [3.05, 3.63) is 58.2 Å². The molecule has 0 saturated heterocycles. The number of fused-ring (bicyclic) bond motifs is 1. The average molecular weight is 491 g/mol. The van der Waals surface area contributed by atoms with E-state index in [1.54, 1.807) is 38.1 Å². The number of aromatic nitrogens is 1. The van der Waals surface area contributed by atoms with Crippen LogP contribution in [0.2, 0.25) is 5.02 Å². The maximum absolute atomic E-state index is 13.7. The van der Waals surface area contributed by atoms with Crippen LogP contribution in [-0.4, -0.2) is 31.8 Å². The van der Waals surface area contributed by atoms with E-state index in [1.165, 1.54) is 6.07 Å². The number of amides is 2. The molecule has 10 heteroatoms. The average Bonchev–Trinajstić information content (AvgIpc) is 3.09. The molecular weight excluding hydrogens is 464 g/mol. The molecule has 0 aliphatic heterocycles. The fraction of sp³-hybridized carbons (Fsp3) is 0.304. The zero-order valence-electron chi connectivity index (χ0n) is 18.8. The number of hydrazine groups is 1. The third-order valence-corrected chi connectivity index (χ3v) is 7.46. The van der Waals surface area contributed by atoms with Gasteiger partial charge in [-0.1, -0.05) is 31.5 Å². The predicted octanol–water partition coefficient (Wildman–Crippen LogP) is 3.26. The van der Waals surface area contributed by atoms with Gasteiger partial charge in [-0.05, 0) is 61.2 Å². The Bertz CT molecular complexity index is 1310. The summed E-state index contributed by atoms with van der Waals surface area (Å²) in [6, 6.07) is 9.72. The van der Waals surface area contributed by atoms with Gasteiger partial charge in [0.2, 0.25) is 15.7 Å². The normalized spacial score (nSPS) is 12.8. The highest BCUT2D eigenvalue weighted by Gasteiger charge is 2.30. The Morgan fingerprint density at radius 1 is 1.09 bits per heavy atom. The molecule has 0 fully saturated rings. The smallest absolute Gasteiger partial charge is 0.283 e. The summed E-state index contributed by atoms with van der Waals surface area (Å²) >= 11 is 6.14. The molecule has 0 spiro atoms. The molecule has 1 unspecified atom stereocenters. The van der Waals surface area contributed by atoms with Crippen molar-refractivity contribution in [3.63, 3.8) is 0 Å². The maximum Gasteiger partial charge on any atom is 0.283 e. The highest BCUT2D eigenvalue weighted by atomic mass is 35.5. The second-order valence-electron chi connectivity index (χ2n) is 8.43. The van der Waals surface area contributed by atoms with Crippen molar-refractivity contribution in [2.45, 2.75) is 37.5 Å². The standard InChI is InChI=1S/C23H27ClN4O4S/c1-12(2)18(22(25)29)11-26-28-23(30)20-21(17-10-15(24)5-6-19(17)27-20)33(31,32)16-8-13(3)7-14(4)9-16/h5-10,12,18,26-27H,11H2,1-4H3,(H2,25,29)(H,28,30). The molecule has 1 heterocycles. The highest BCUT2D eigenvalue weighted by Crippen LogP contribution is 2.34. The van der Waals surface area contributed by atoms with E-state index in [0.717, 1.165) is 11.1 Å². The van der Waals surface area contributed by atoms with Gasteiger partial charge >= 0.3 is 0 Å². The van der Waals surface area contributed by atoms with Crippen molar-refractivity contribution in [1.82, 2.24) is 15.8 Å². The number of carbonyl (C=O) groups is 2. The third-order valence-electron chi connectivity index (χ3n) is 5.41. The van der Waals surface area contributed by atoms with Gasteiger partial charge in [-0.25, -0.2) is 13.8 Å². The number of rotatable bonds is 8. The van der Waals surface area contributed by atoms with E-state index in [0.29, 0.717) is 15.9 Å². The van der Waals surface area contributed by atoms with Crippen molar-refractivity contribution < 1.29 is 18.0 Å². The minimum Gasteiger partial charge on any atom is -0.369 e. The van der Waals surface area contributed by atoms with Gasteiger partial charge in [-0.2, -0.15) is 0 Å². The van der Waals surface area contributed by atoms with E-state index in [-0.39, 0.29) is 27.9 Å². The van der Waals surface area contributed by atoms with E-state index in [2.05, 4.69) is 15.8 Å². The number of nitrogens with two attached hydrogens (primary N) is 1. The Hall–Kier alpha value is -2.88. The SMILES string of the molecule is Cc1cc(C)cc(S(=O)(=O)c2c(C(=O)NNCC(C(N)=O)C(C)C)[nH]c3ccc(Cl)cc23)c1. The zero-order chi connectivity index (χ0) is 24.5. The van der Waals surface area contributed by atoms with Crippen LogP contribution in [-0.2, 0) is 14.6 Å². The summed E-state index contributed by atoms with van der Waals surface area (Å²) < 4.78 is 27.4. The molecule has 0 saturated carbocycles. The minimum absolute atomic E-state index is 0.0392. The molecule has 2 amide bonds. The predicted molar refractivity (Wildman–Crippen MR) is 128 cm³/mol. The Morgan fingerprint density at radius 3 is 2.30 bits per heavy atom. The van der Waals surface area contributed by atoms with E-state index < -0.39 is 27.6 Å². The number of benzene rings is 2. The lowest BCUT2D eigenvalue weighted by Crippen LogP contribution is -2.45. The summed E-state index contributed by atoms with van der Waals surface area (Å²) in [6.07, 6.45) is 0. The van der Waals surface area contributed by atoms with Gasteiger partial charge in [-0.3, -0.25) is 15.0 Å². The first-order valence-corrected chi connectivity index (χ1v) is 12.2. The van der Waals surface area contributed by atoms with Crippen LogP contribution in [0.3, 0.4) is 0 Å². The van der Waals surface area contributed by atoms with E-state index in [1.807, 2.05) is 19.9 Å².